The molecular weight excluding hydrogens is 450 g/mol. The summed E-state index contributed by atoms with van der Waals surface area (Å²) >= 11 is 0. The first kappa shape index (κ1) is 23.8. The fourth-order valence-corrected chi connectivity index (χ4v) is 3.03. The van der Waals surface area contributed by atoms with Crippen LogP contribution in [-0.2, 0) is 18.9 Å². The summed E-state index contributed by atoms with van der Waals surface area (Å²) in [6, 6.07) is 8.02. The van der Waals surface area contributed by atoms with Crippen molar-refractivity contribution in [2.24, 2.45) is 0 Å². The maximum atomic E-state index is 12.9. The van der Waals surface area contributed by atoms with Gasteiger partial charge in [-0.25, -0.2) is 0 Å². The van der Waals surface area contributed by atoms with Gasteiger partial charge in [0, 0.05) is 6.54 Å². The van der Waals surface area contributed by atoms with Crippen molar-refractivity contribution in [1.82, 2.24) is 9.55 Å². The van der Waals surface area contributed by atoms with Crippen molar-refractivity contribution >= 4 is 12.2 Å². The highest BCUT2D eigenvalue weighted by atomic mass is 19.4. The number of halogens is 6. The van der Waals surface area contributed by atoms with E-state index >= 15 is 0 Å². The lowest BCUT2D eigenvalue weighted by Crippen LogP contribution is -2.53. The summed E-state index contributed by atoms with van der Waals surface area (Å²) in [7, 11) is 0. The number of nitrogens with one attached hydrogen (secondary N) is 1. The van der Waals surface area contributed by atoms with Crippen LogP contribution < -0.4 is 21.8 Å². The van der Waals surface area contributed by atoms with Gasteiger partial charge in [0.2, 0.25) is 0 Å². The molecule has 0 saturated heterocycles. The molecule has 1 heterocycles. The number of benzene rings is 2. The number of aromatic amines is 1. The van der Waals surface area contributed by atoms with Gasteiger partial charge < -0.3 is 4.98 Å². The minimum atomic E-state index is -4.52. The van der Waals surface area contributed by atoms with E-state index < -0.39 is 34.6 Å². The molecule has 33 heavy (non-hydrogen) atoms. The molecule has 0 fully saturated rings. The predicted molar refractivity (Wildman–Crippen MR) is 111 cm³/mol. The van der Waals surface area contributed by atoms with E-state index in [9.17, 15) is 35.9 Å². The summed E-state index contributed by atoms with van der Waals surface area (Å²) in [6.07, 6.45) is -5.19. The van der Waals surface area contributed by atoms with E-state index in [0.717, 1.165) is 53.1 Å². The topological polar surface area (TPSA) is 54.9 Å². The van der Waals surface area contributed by atoms with E-state index in [1.807, 2.05) is 0 Å². The largest absolute Gasteiger partial charge is 0.416 e. The summed E-state index contributed by atoms with van der Waals surface area (Å²) in [6.45, 7) is 3.45. The summed E-state index contributed by atoms with van der Waals surface area (Å²) in [5.41, 5.74) is -2.59. The van der Waals surface area contributed by atoms with Crippen molar-refractivity contribution in [2.45, 2.75) is 18.9 Å². The fraction of sp³-hybridized carbons (Fsp3) is 0.130. The van der Waals surface area contributed by atoms with Gasteiger partial charge in [-0.05, 0) is 47.5 Å². The maximum Gasteiger partial charge on any atom is 0.416 e. The lowest BCUT2D eigenvalue weighted by molar-refractivity contribution is -0.138. The zero-order valence-electron chi connectivity index (χ0n) is 16.8. The van der Waals surface area contributed by atoms with Crippen molar-refractivity contribution in [3.8, 4) is 0 Å². The Bertz CT molecular complexity index is 1390. The Balaban J connectivity index is 2.14. The molecular formula is C23H16F6N2O2. The van der Waals surface area contributed by atoms with Crippen LogP contribution in [0.5, 0.6) is 0 Å². The predicted octanol–water partition coefficient (Wildman–Crippen LogP) is 3.42. The van der Waals surface area contributed by atoms with Crippen LogP contribution in [0.3, 0.4) is 0 Å². The van der Waals surface area contributed by atoms with E-state index in [1.165, 1.54) is 18.2 Å². The van der Waals surface area contributed by atoms with Gasteiger partial charge in [-0.2, -0.15) is 26.3 Å². The van der Waals surface area contributed by atoms with Crippen LogP contribution in [0.2, 0.25) is 0 Å². The van der Waals surface area contributed by atoms with E-state index in [-0.39, 0.29) is 28.4 Å². The van der Waals surface area contributed by atoms with Crippen molar-refractivity contribution in [3.05, 3.63) is 115 Å². The normalized spacial score (nSPS) is 13.4. The molecule has 3 rings (SSSR count). The van der Waals surface area contributed by atoms with E-state index in [2.05, 4.69) is 11.6 Å². The molecule has 1 aromatic heterocycles. The first-order valence-electron chi connectivity index (χ1n) is 9.42. The van der Waals surface area contributed by atoms with Gasteiger partial charge in [0.05, 0.1) is 11.1 Å². The molecule has 0 aliphatic heterocycles. The number of allylic oxidation sites excluding steroid dienone is 1. The number of hydrogen-bond donors (Lipinski definition) is 1. The maximum absolute atomic E-state index is 12.9. The Morgan fingerprint density at radius 2 is 1.24 bits per heavy atom. The average molecular weight is 466 g/mol. The number of aromatic nitrogens is 2. The van der Waals surface area contributed by atoms with Crippen molar-refractivity contribution in [1.29, 1.82) is 0 Å². The summed E-state index contributed by atoms with van der Waals surface area (Å²) < 4.78 is 77.5. The lowest BCUT2D eigenvalue weighted by Gasteiger charge is -2.07. The molecule has 0 aliphatic rings. The van der Waals surface area contributed by atoms with Crippen molar-refractivity contribution in [2.75, 3.05) is 0 Å². The molecule has 0 unspecified atom stereocenters. The molecule has 3 aromatic rings. The van der Waals surface area contributed by atoms with E-state index in [0.29, 0.717) is 0 Å². The van der Waals surface area contributed by atoms with Crippen molar-refractivity contribution < 1.29 is 26.3 Å². The highest BCUT2D eigenvalue weighted by Gasteiger charge is 2.30. The molecule has 0 spiro atoms. The molecule has 0 atom stereocenters. The van der Waals surface area contributed by atoms with Crippen molar-refractivity contribution in [3.63, 3.8) is 0 Å². The van der Waals surface area contributed by atoms with Crippen LogP contribution in [0.1, 0.15) is 22.3 Å². The monoisotopic (exact) mass is 466 g/mol. The number of alkyl halides is 6. The molecule has 2 aromatic carbocycles. The number of nitrogens with zero attached hydrogens (tertiary/aromatic N) is 1. The molecule has 0 bridgehead atoms. The van der Waals surface area contributed by atoms with Gasteiger partial charge in [0.25, 0.3) is 11.1 Å². The SMILES string of the molecule is C=CCn1c(=O)/c(=C/c2ccc(C(F)(F)F)cc2)[nH]c(=O)/c1=C/c1ccc(C(F)(F)F)cc1. The van der Waals surface area contributed by atoms with Crippen LogP contribution in [0, 0.1) is 0 Å². The molecule has 1 N–H and O–H groups in total. The Hall–Kier alpha value is -3.82. The molecule has 0 aliphatic carbocycles. The average Bonchev–Trinajstić information content (AvgIpc) is 2.73. The second-order valence-corrected chi connectivity index (χ2v) is 6.99. The second kappa shape index (κ2) is 8.97. The highest BCUT2D eigenvalue weighted by Crippen LogP contribution is 2.29. The number of rotatable bonds is 4. The van der Waals surface area contributed by atoms with Gasteiger partial charge in [-0.3, -0.25) is 14.2 Å². The van der Waals surface area contributed by atoms with Gasteiger partial charge in [0.15, 0.2) is 0 Å². The minimum Gasteiger partial charge on any atom is -0.316 e. The van der Waals surface area contributed by atoms with Crippen LogP contribution >= 0.6 is 0 Å². The third kappa shape index (κ3) is 5.51. The number of H-pyrrole nitrogens is 1. The number of hydrogen-bond acceptors (Lipinski definition) is 2. The summed E-state index contributed by atoms with van der Waals surface area (Å²) in [5, 5.41) is -0.296. The molecule has 0 saturated carbocycles. The third-order valence-electron chi connectivity index (χ3n) is 4.65. The zero-order chi connectivity index (χ0) is 24.4. The smallest absolute Gasteiger partial charge is 0.316 e. The second-order valence-electron chi connectivity index (χ2n) is 6.99. The Labute approximate surface area is 182 Å². The lowest BCUT2D eigenvalue weighted by atomic mass is 10.1. The van der Waals surface area contributed by atoms with Gasteiger partial charge in [0.1, 0.15) is 10.7 Å². The van der Waals surface area contributed by atoms with Gasteiger partial charge in [-0.15, -0.1) is 6.58 Å². The Kier molecular flexibility index (Phi) is 6.48. The van der Waals surface area contributed by atoms with Crippen LogP contribution in [0.4, 0.5) is 26.3 Å². The first-order chi connectivity index (χ1) is 15.4. The van der Waals surface area contributed by atoms with Crippen LogP contribution in [-0.4, -0.2) is 9.55 Å². The Morgan fingerprint density at radius 3 is 1.67 bits per heavy atom. The van der Waals surface area contributed by atoms with E-state index in [1.54, 1.807) is 0 Å². The minimum absolute atomic E-state index is 0.0803. The molecule has 0 amide bonds. The first-order valence-corrected chi connectivity index (χ1v) is 9.42. The molecule has 172 valence electrons. The Morgan fingerprint density at radius 1 is 0.788 bits per heavy atom. The summed E-state index contributed by atoms with van der Waals surface area (Å²) in [5.74, 6) is 0. The zero-order valence-corrected chi connectivity index (χ0v) is 16.8. The molecule has 10 heteroatoms. The molecule has 4 nitrogen and oxygen atoms in total. The third-order valence-corrected chi connectivity index (χ3v) is 4.65. The van der Waals surface area contributed by atoms with E-state index in [4.69, 9.17) is 0 Å². The fourth-order valence-electron chi connectivity index (χ4n) is 3.03. The van der Waals surface area contributed by atoms with Crippen LogP contribution in [0.25, 0.3) is 12.2 Å². The quantitative estimate of drug-likeness (QED) is 0.474. The standard InChI is InChI=1S/C23H16F6N2O2/c1-2-11-31-19(13-15-5-9-17(10-6-15)23(27,28)29)20(32)30-18(21(31)33)12-14-3-7-16(8-4-14)22(24,25)26/h2-10,12-13H,1,11H2,(H,30,32)/b18-12-,19-13-. The van der Waals surface area contributed by atoms with Gasteiger partial charge >= 0.3 is 12.4 Å². The van der Waals surface area contributed by atoms with Crippen LogP contribution in [0.15, 0.2) is 70.8 Å². The van der Waals surface area contributed by atoms with Gasteiger partial charge in [-0.1, -0.05) is 30.3 Å². The molecule has 0 radical (unpaired) electrons. The summed E-state index contributed by atoms with van der Waals surface area (Å²) in [4.78, 5) is 27.9. The highest BCUT2D eigenvalue weighted by molar-refractivity contribution is 5.50.